The number of carbonyl (C=O) groups excluding carboxylic acids is 2. The molecule has 0 aliphatic carbocycles. The zero-order chi connectivity index (χ0) is 16.8. The van der Waals surface area contributed by atoms with Gasteiger partial charge in [0.2, 0.25) is 0 Å². The molecule has 0 saturated heterocycles. The van der Waals surface area contributed by atoms with Crippen LogP contribution < -0.4 is 22.1 Å². The Bertz CT molecular complexity index is 538. The highest BCUT2D eigenvalue weighted by Crippen LogP contribution is 2.15. The van der Waals surface area contributed by atoms with Gasteiger partial charge in [-0.25, -0.2) is 4.79 Å². The van der Waals surface area contributed by atoms with Gasteiger partial charge in [-0.15, -0.1) is 0 Å². The summed E-state index contributed by atoms with van der Waals surface area (Å²) in [5.41, 5.74) is 12.0. The first-order chi connectivity index (χ1) is 10.2. The van der Waals surface area contributed by atoms with Gasteiger partial charge in [-0.2, -0.15) is 0 Å². The van der Waals surface area contributed by atoms with E-state index in [1.807, 2.05) is 0 Å². The first-order valence-corrected chi connectivity index (χ1v) is 7.09. The zero-order valence-electron chi connectivity index (χ0n) is 13.2. The standard InChI is InChI=1S/C15H24N4O3/c1-15(2,3)22-14(21)19-8-4-7-18-13(20)11-6-5-10(16)9-12(11)17/h5-6,9H,4,7-8,16-17H2,1-3H3,(H,18,20)(H,19,21). The third-order valence-electron chi connectivity index (χ3n) is 2.63. The van der Waals surface area contributed by atoms with Crippen LogP contribution in [-0.2, 0) is 4.74 Å². The number of benzene rings is 1. The van der Waals surface area contributed by atoms with Crippen molar-refractivity contribution < 1.29 is 14.3 Å². The maximum Gasteiger partial charge on any atom is 0.407 e. The van der Waals surface area contributed by atoms with Gasteiger partial charge in [-0.1, -0.05) is 0 Å². The van der Waals surface area contributed by atoms with E-state index >= 15 is 0 Å². The van der Waals surface area contributed by atoms with Crippen LogP contribution in [0.1, 0.15) is 37.6 Å². The molecule has 0 aromatic heterocycles. The Morgan fingerprint density at radius 3 is 2.36 bits per heavy atom. The van der Waals surface area contributed by atoms with Gasteiger partial charge in [0, 0.05) is 24.5 Å². The Labute approximate surface area is 130 Å². The molecule has 0 spiro atoms. The summed E-state index contributed by atoms with van der Waals surface area (Å²) in [5.74, 6) is -0.269. The molecule has 0 fully saturated rings. The highest BCUT2D eigenvalue weighted by atomic mass is 16.6. The molecular weight excluding hydrogens is 284 g/mol. The van der Waals surface area contributed by atoms with Crippen molar-refractivity contribution in [2.75, 3.05) is 24.6 Å². The molecular formula is C15H24N4O3. The van der Waals surface area contributed by atoms with Crippen molar-refractivity contribution in [2.24, 2.45) is 0 Å². The number of carbonyl (C=O) groups is 2. The van der Waals surface area contributed by atoms with Crippen molar-refractivity contribution in [1.82, 2.24) is 10.6 Å². The molecule has 7 heteroatoms. The lowest BCUT2D eigenvalue weighted by atomic mass is 10.1. The number of hydrogen-bond donors (Lipinski definition) is 4. The summed E-state index contributed by atoms with van der Waals surface area (Å²) in [6, 6.07) is 4.74. The van der Waals surface area contributed by atoms with Crippen LogP contribution >= 0.6 is 0 Å². The monoisotopic (exact) mass is 308 g/mol. The number of nitrogens with two attached hydrogens (primary N) is 2. The van der Waals surface area contributed by atoms with E-state index in [4.69, 9.17) is 16.2 Å². The van der Waals surface area contributed by atoms with Crippen LogP contribution in [-0.4, -0.2) is 30.7 Å². The number of nitrogens with one attached hydrogen (secondary N) is 2. The summed E-state index contributed by atoms with van der Waals surface area (Å²) in [6.07, 6.45) is 0.112. The van der Waals surface area contributed by atoms with Gasteiger partial charge in [0.05, 0.1) is 5.56 Å². The molecule has 0 atom stereocenters. The van der Waals surface area contributed by atoms with E-state index in [1.54, 1.807) is 39.0 Å². The second-order valence-corrected chi connectivity index (χ2v) is 5.88. The average Bonchev–Trinajstić information content (AvgIpc) is 2.35. The van der Waals surface area contributed by atoms with Crippen LogP contribution in [0.3, 0.4) is 0 Å². The fourth-order valence-electron chi connectivity index (χ4n) is 1.68. The molecule has 0 unspecified atom stereocenters. The number of anilines is 2. The van der Waals surface area contributed by atoms with Crippen LogP contribution in [0.2, 0.25) is 0 Å². The predicted molar refractivity (Wildman–Crippen MR) is 86.5 cm³/mol. The summed E-state index contributed by atoms with van der Waals surface area (Å²) >= 11 is 0. The summed E-state index contributed by atoms with van der Waals surface area (Å²) in [7, 11) is 0. The molecule has 1 aromatic carbocycles. The maximum atomic E-state index is 11.9. The quantitative estimate of drug-likeness (QED) is 0.485. The minimum Gasteiger partial charge on any atom is -0.444 e. The fourth-order valence-corrected chi connectivity index (χ4v) is 1.68. The Morgan fingerprint density at radius 1 is 1.14 bits per heavy atom. The molecule has 2 amide bonds. The van der Waals surface area contributed by atoms with E-state index in [1.165, 1.54) is 0 Å². The second-order valence-electron chi connectivity index (χ2n) is 5.88. The molecule has 0 radical (unpaired) electrons. The molecule has 0 heterocycles. The Balaban J connectivity index is 2.27. The van der Waals surface area contributed by atoms with Crippen molar-refractivity contribution in [3.8, 4) is 0 Å². The Morgan fingerprint density at radius 2 is 1.77 bits per heavy atom. The Kier molecular flexibility index (Phi) is 6.03. The van der Waals surface area contributed by atoms with E-state index in [-0.39, 0.29) is 5.91 Å². The number of alkyl carbamates (subject to hydrolysis) is 1. The van der Waals surface area contributed by atoms with E-state index in [0.717, 1.165) is 0 Å². The second kappa shape index (κ2) is 7.53. The van der Waals surface area contributed by atoms with Gasteiger partial charge in [0.15, 0.2) is 0 Å². The summed E-state index contributed by atoms with van der Waals surface area (Å²) in [4.78, 5) is 23.3. The third kappa shape index (κ3) is 6.34. The minimum atomic E-state index is -0.523. The molecule has 0 bridgehead atoms. The smallest absolute Gasteiger partial charge is 0.407 e. The molecule has 1 rings (SSSR count). The summed E-state index contributed by atoms with van der Waals surface area (Å²) in [5, 5.41) is 5.35. The summed E-state index contributed by atoms with van der Waals surface area (Å²) < 4.78 is 5.10. The largest absolute Gasteiger partial charge is 0.444 e. The van der Waals surface area contributed by atoms with Crippen molar-refractivity contribution >= 4 is 23.4 Å². The van der Waals surface area contributed by atoms with Gasteiger partial charge in [0.1, 0.15) is 5.60 Å². The molecule has 1 aromatic rings. The van der Waals surface area contributed by atoms with E-state index in [2.05, 4.69) is 10.6 Å². The maximum absolute atomic E-state index is 11.9. The van der Waals surface area contributed by atoms with E-state index in [9.17, 15) is 9.59 Å². The normalized spacial score (nSPS) is 10.9. The van der Waals surface area contributed by atoms with Gasteiger partial charge < -0.3 is 26.8 Å². The molecule has 0 aliphatic heterocycles. The van der Waals surface area contributed by atoms with Crippen molar-refractivity contribution in [2.45, 2.75) is 32.8 Å². The SMILES string of the molecule is CC(C)(C)OC(=O)NCCCNC(=O)c1ccc(N)cc1N. The highest BCUT2D eigenvalue weighted by Gasteiger charge is 2.15. The molecule has 22 heavy (non-hydrogen) atoms. The molecule has 6 N–H and O–H groups in total. The molecule has 122 valence electrons. The molecule has 0 saturated carbocycles. The molecule has 0 aliphatic rings. The van der Waals surface area contributed by atoms with Crippen LogP contribution in [0.4, 0.5) is 16.2 Å². The number of ether oxygens (including phenoxy) is 1. The van der Waals surface area contributed by atoms with Crippen molar-refractivity contribution in [3.63, 3.8) is 0 Å². The zero-order valence-corrected chi connectivity index (χ0v) is 13.2. The number of hydrogen-bond acceptors (Lipinski definition) is 5. The van der Waals surface area contributed by atoms with Gasteiger partial charge in [0.25, 0.3) is 5.91 Å². The Hall–Kier alpha value is -2.44. The third-order valence-corrected chi connectivity index (χ3v) is 2.63. The first kappa shape index (κ1) is 17.6. The summed E-state index contributed by atoms with van der Waals surface area (Å²) in [6.45, 7) is 6.21. The average molecular weight is 308 g/mol. The number of amides is 2. The van der Waals surface area contributed by atoms with Crippen molar-refractivity contribution in [3.05, 3.63) is 23.8 Å². The first-order valence-electron chi connectivity index (χ1n) is 7.09. The predicted octanol–water partition coefficient (Wildman–Crippen LogP) is 1.50. The van der Waals surface area contributed by atoms with Crippen LogP contribution in [0.5, 0.6) is 0 Å². The fraction of sp³-hybridized carbons (Fsp3) is 0.467. The van der Waals surface area contributed by atoms with Crippen LogP contribution in [0, 0.1) is 0 Å². The van der Waals surface area contributed by atoms with Gasteiger partial charge >= 0.3 is 6.09 Å². The lowest BCUT2D eigenvalue weighted by molar-refractivity contribution is 0.0527. The topological polar surface area (TPSA) is 119 Å². The number of nitrogen functional groups attached to an aromatic ring is 2. The van der Waals surface area contributed by atoms with Gasteiger partial charge in [-0.3, -0.25) is 4.79 Å². The minimum absolute atomic E-state index is 0.269. The van der Waals surface area contributed by atoms with Crippen molar-refractivity contribution in [1.29, 1.82) is 0 Å². The van der Waals surface area contributed by atoms with Gasteiger partial charge in [-0.05, 0) is 45.4 Å². The highest BCUT2D eigenvalue weighted by molar-refractivity contribution is 5.99. The molecule has 7 nitrogen and oxygen atoms in total. The number of rotatable bonds is 5. The van der Waals surface area contributed by atoms with E-state index in [0.29, 0.717) is 36.4 Å². The van der Waals surface area contributed by atoms with Crippen LogP contribution in [0.15, 0.2) is 18.2 Å². The lowest BCUT2D eigenvalue weighted by Crippen LogP contribution is -2.34. The van der Waals surface area contributed by atoms with Crippen LogP contribution in [0.25, 0.3) is 0 Å². The lowest BCUT2D eigenvalue weighted by Gasteiger charge is -2.19. The van der Waals surface area contributed by atoms with E-state index < -0.39 is 11.7 Å².